The number of amides is 1. The van der Waals surface area contributed by atoms with E-state index in [0.29, 0.717) is 16.0 Å². The maximum Gasteiger partial charge on any atom is 0.332 e. The number of rotatable bonds is 7. The number of ether oxygens (including phenoxy) is 1. The highest BCUT2D eigenvalue weighted by Crippen LogP contribution is 2.17. The summed E-state index contributed by atoms with van der Waals surface area (Å²) in [4.78, 5) is 38.7. The lowest BCUT2D eigenvalue weighted by molar-refractivity contribution is -0.121. The summed E-state index contributed by atoms with van der Waals surface area (Å²) in [5.74, 6) is -0.131. The van der Waals surface area contributed by atoms with E-state index in [0.717, 1.165) is 15.7 Å². The molecule has 0 saturated carbocycles. The minimum absolute atomic E-state index is 0.0555. The molecule has 32 heavy (non-hydrogen) atoms. The van der Waals surface area contributed by atoms with E-state index in [9.17, 15) is 18.8 Å². The van der Waals surface area contributed by atoms with Crippen molar-refractivity contribution >= 4 is 27.5 Å². The van der Waals surface area contributed by atoms with Gasteiger partial charge in [0.25, 0.3) is 5.56 Å². The number of halogens is 1. The Kier molecular flexibility index (Phi) is 6.18. The molecule has 0 aliphatic rings. The molecule has 4 aromatic rings. The van der Waals surface area contributed by atoms with Crippen molar-refractivity contribution < 1.29 is 13.9 Å². The maximum atomic E-state index is 13.2. The number of carbonyl (C=O) groups is 1. The molecule has 0 unspecified atom stereocenters. The topological polar surface area (TPSA) is 82.3 Å². The van der Waals surface area contributed by atoms with Crippen molar-refractivity contribution in [1.29, 1.82) is 0 Å². The Labute approximate surface area is 186 Å². The van der Waals surface area contributed by atoms with Crippen molar-refractivity contribution in [1.82, 2.24) is 14.5 Å². The summed E-state index contributed by atoms with van der Waals surface area (Å²) in [6.45, 7) is 0.00957. The lowest BCUT2D eigenvalue weighted by Crippen LogP contribution is -2.42. The first-order valence-corrected chi connectivity index (χ1v) is 10.7. The van der Waals surface area contributed by atoms with Crippen molar-refractivity contribution in [3.05, 3.63) is 97.8 Å². The van der Waals surface area contributed by atoms with Crippen LogP contribution in [0, 0.1) is 5.82 Å². The molecule has 2 heterocycles. The number of nitrogens with one attached hydrogen (secondary N) is 1. The Balaban J connectivity index is 1.63. The Bertz CT molecular complexity index is 1390. The van der Waals surface area contributed by atoms with Gasteiger partial charge in [-0.15, -0.1) is 11.3 Å². The van der Waals surface area contributed by atoms with Gasteiger partial charge in [0.05, 0.1) is 19.2 Å². The van der Waals surface area contributed by atoms with Crippen LogP contribution in [0.2, 0.25) is 0 Å². The number of nitrogens with zero attached hydrogens (tertiary/aromatic N) is 2. The zero-order chi connectivity index (χ0) is 22.7. The highest BCUT2D eigenvalue weighted by atomic mass is 32.1. The van der Waals surface area contributed by atoms with Crippen molar-refractivity contribution in [2.45, 2.75) is 19.6 Å². The van der Waals surface area contributed by atoms with Gasteiger partial charge in [-0.2, -0.15) is 0 Å². The lowest BCUT2D eigenvalue weighted by atomic mass is 10.2. The van der Waals surface area contributed by atoms with Gasteiger partial charge in [0, 0.05) is 6.54 Å². The average Bonchev–Trinajstić information content (AvgIpc) is 3.29. The van der Waals surface area contributed by atoms with E-state index in [-0.39, 0.29) is 25.5 Å². The van der Waals surface area contributed by atoms with Crippen LogP contribution in [-0.2, 0) is 24.4 Å². The molecule has 164 valence electrons. The lowest BCUT2D eigenvalue weighted by Gasteiger charge is -2.13. The number of thiophene rings is 1. The van der Waals surface area contributed by atoms with E-state index in [1.807, 2.05) is 0 Å². The van der Waals surface area contributed by atoms with E-state index in [4.69, 9.17) is 4.74 Å². The molecule has 0 aliphatic carbocycles. The summed E-state index contributed by atoms with van der Waals surface area (Å²) < 4.78 is 21.1. The Morgan fingerprint density at radius 3 is 2.59 bits per heavy atom. The summed E-state index contributed by atoms with van der Waals surface area (Å²) in [6.07, 6.45) is 0. The van der Waals surface area contributed by atoms with Crippen LogP contribution < -0.4 is 21.3 Å². The predicted molar refractivity (Wildman–Crippen MR) is 121 cm³/mol. The van der Waals surface area contributed by atoms with E-state index in [2.05, 4.69) is 5.32 Å². The third-order valence-electron chi connectivity index (χ3n) is 5.02. The monoisotopic (exact) mass is 453 g/mol. The van der Waals surface area contributed by atoms with Crippen LogP contribution in [0.15, 0.2) is 69.6 Å². The van der Waals surface area contributed by atoms with Crippen molar-refractivity contribution in [2.24, 2.45) is 0 Å². The Morgan fingerprint density at radius 2 is 1.84 bits per heavy atom. The minimum atomic E-state index is -0.569. The molecule has 0 saturated heterocycles. The number of fused-ring (bicyclic) bond motifs is 1. The first kappa shape index (κ1) is 21.5. The molecule has 9 heteroatoms. The fourth-order valence-corrected chi connectivity index (χ4v) is 4.22. The van der Waals surface area contributed by atoms with Gasteiger partial charge >= 0.3 is 5.69 Å². The molecule has 0 radical (unpaired) electrons. The average molecular weight is 453 g/mol. The van der Waals surface area contributed by atoms with Crippen LogP contribution >= 0.6 is 11.3 Å². The van der Waals surface area contributed by atoms with Crippen LogP contribution in [0.4, 0.5) is 4.39 Å². The van der Waals surface area contributed by atoms with E-state index in [1.54, 1.807) is 55.0 Å². The second kappa shape index (κ2) is 9.19. The van der Waals surface area contributed by atoms with Crippen molar-refractivity contribution in [3.63, 3.8) is 0 Å². The molecule has 1 amide bonds. The SMILES string of the molecule is COc1cccc(Cn2c(=O)c3sccc3n(CC(=O)NCc3ccc(F)cc3)c2=O)c1. The molecular weight excluding hydrogens is 433 g/mol. The van der Waals surface area contributed by atoms with Crippen LogP contribution in [0.3, 0.4) is 0 Å². The smallest absolute Gasteiger partial charge is 0.332 e. The van der Waals surface area contributed by atoms with Gasteiger partial charge in [-0.3, -0.25) is 18.7 Å². The number of aromatic nitrogens is 2. The molecular formula is C23H20FN3O4S. The molecule has 0 fully saturated rings. The maximum absolute atomic E-state index is 13.2. The fourth-order valence-electron chi connectivity index (χ4n) is 3.38. The highest BCUT2D eigenvalue weighted by Gasteiger charge is 2.17. The third kappa shape index (κ3) is 4.47. The van der Waals surface area contributed by atoms with Gasteiger partial charge in [-0.1, -0.05) is 24.3 Å². The summed E-state index contributed by atoms with van der Waals surface area (Å²) in [7, 11) is 1.54. The largest absolute Gasteiger partial charge is 0.497 e. The second-order valence-corrected chi connectivity index (χ2v) is 8.07. The second-order valence-electron chi connectivity index (χ2n) is 7.15. The minimum Gasteiger partial charge on any atom is -0.497 e. The van der Waals surface area contributed by atoms with E-state index >= 15 is 0 Å². The number of methoxy groups -OCH3 is 1. The normalized spacial score (nSPS) is 10.9. The van der Waals surface area contributed by atoms with Crippen LogP contribution in [0.25, 0.3) is 10.2 Å². The van der Waals surface area contributed by atoms with Crippen LogP contribution in [0.5, 0.6) is 5.75 Å². The first-order chi connectivity index (χ1) is 15.5. The van der Waals surface area contributed by atoms with Gasteiger partial charge in [0.2, 0.25) is 5.91 Å². The molecule has 0 bridgehead atoms. The molecule has 0 spiro atoms. The Morgan fingerprint density at radius 1 is 1.06 bits per heavy atom. The summed E-state index contributed by atoms with van der Waals surface area (Å²) >= 11 is 1.22. The van der Waals surface area contributed by atoms with Gasteiger partial charge in [-0.05, 0) is 46.8 Å². The van der Waals surface area contributed by atoms with Crippen LogP contribution in [-0.4, -0.2) is 22.2 Å². The van der Waals surface area contributed by atoms with Gasteiger partial charge < -0.3 is 10.1 Å². The number of hydrogen-bond donors (Lipinski definition) is 1. The molecule has 0 atom stereocenters. The van der Waals surface area contributed by atoms with Crippen molar-refractivity contribution in [3.8, 4) is 5.75 Å². The molecule has 0 aliphatic heterocycles. The molecule has 1 N–H and O–H groups in total. The van der Waals surface area contributed by atoms with Crippen LogP contribution in [0.1, 0.15) is 11.1 Å². The third-order valence-corrected chi connectivity index (χ3v) is 5.91. The zero-order valence-electron chi connectivity index (χ0n) is 17.2. The highest BCUT2D eigenvalue weighted by molar-refractivity contribution is 7.17. The standard InChI is InChI=1S/C23H20FN3O4S/c1-31-18-4-2-3-16(11-18)13-27-22(29)21-19(9-10-32-21)26(23(27)30)14-20(28)25-12-15-5-7-17(24)8-6-15/h2-11H,12-14H2,1H3,(H,25,28). The van der Waals surface area contributed by atoms with Gasteiger partial charge in [-0.25, -0.2) is 9.18 Å². The zero-order valence-corrected chi connectivity index (χ0v) is 18.0. The van der Waals surface area contributed by atoms with Crippen molar-refractivity contribution in [2.75, 3.05) is 7.11 Å². The molecule has 2 aromatic carbocycles. The number of carbonyl (C=O) groups excluding carboxylic acids is 1. The molecule has 2 aromatic heterocycles. The summed E-state index contributed by atoms with van der Waals surface area (Å²) in [6, 6.07) is 14.6. The summed E-state index contributed by atoms with van der Waals surface area (Å²) in [5, 5.41) is 4.44. The summed E-state index contributed by atoms with van der Waals surface area (Å²) in [5.41, 5.74) is 0.915. The molecule has 7 nitrogen and oxygen atoms in total. The quantitative estimate of drug-likeness (QED) is 0.467. The number of benzene rings is 2. The Hall–Kier alpha value is -3.72. The fraction of sp³-hybridized carbons (Fsp3) is 0.174. The molecule has 4 rings (SSSR count). The van der Waals surface area contributed by atoms with E-state index in [1.165, 1.54) is 28.0 Å². The van der Waals surface area contributed by atoms with Gasteiger partial charge in [0.1, 0.15) is 22.8 Å². The van der Waals surface area contributed by atoms with Gasteiger partial charge in [0.15, 0.2) is 0 Å². The van der Waals surface area contributed by atoms with E-state index < -0.39 is 17.2 Å². The predicted octanol–water partition coefficient (Wildman–Crippen LogP) is 2.74. The number of hydrogen-bond acceptors (Lipinski definition) is 5. The first-order valence-electron chi connectivity index (χ1n) is 9.81.